The van der Waals surface area contributed by atoms with Crippen molar-refractivity contribution in [3.05, 3.63) is 35.9 Å². The van der Waals surface area contributed by atoms with Crippen LogP contribution < -0.4 is 33.2 Å². The Kier molecular flexibility index (Phi) is 12.2. The van der Waals surface area contributed by atoms with Gasteiger partial charge in [0.15, 0.2) is 0 Å². The van der Waals surface area contributed by atoms with Gasteiger partial charge >= 0.3 is 5.97 Å². The molecule has 188 valence electrons. The van der Waals surface area contributed by atoms with E-state index in [0.717, 1.165) is 5.56 Å². The van der Waals surface area contributed by atoms with Crippen LogP contribution in [0.25, 0.3) is 0 Å². The van der Waals surface area contributed by atoms with Crippen molar-refractivity contribution in [2.75, 3.05) is 6.54 Å². The summed E-state index contributed by atoms with van der Waals surface area (Å²) in [6, 6.07) is 4.27. The molecule has 12 heteroatoms. The van der Waals surface area contributed by atoms with Crippen molar-refractivity contribution >= 4 is 29.6 Å². The predicted octanol–water partition coefficient (Wildman–Crippen LogP) is -1.88. The van der Waals surface area contributed by atoms with Crippen LogP contribution >= 0.6 is 0 Å². The molecule has 0 aliphatic rings. The first-order valence-corrected chi connectivity index (χ1v) is 11.0. The van der Waals surface area contributed by atoms with E-state index in [1.54, 1.807) is 30.3 Å². The molecule has 12 nitrogen and oxygen atoms in total. The van der Waals surface area contributed by atoms with Crippen LogP contribution in [-0.4, -0.2) is 65.4 Å². The molecule has 0 heterocycles. The molecule has 1 rings (SSSR count). The van der Waals surface area contributed by atoms with E-state index in [1.165, 1.54) is 6.92 Å². The zero-order valence-electron chi connectivity index (χ0n) is 19.2. The van der Waals surface area contributed by atoms with Crippen molar-refractivity contribution in [1.29, 1.82) is 0 Å². The first kappa shape index (κ1) is 28.5. The fraction of sp³-hybridized carbons (Fsp3) is 0.500. The number of benzene rings is 1. The van der Waals surface area contributed by atoms with Gasteiger partial charge in [-0.2, -0.15) is 0 Å². The number of carbonyl (C=O) groups excluding carboxylic acids is 4. The van der Waals surface area contributed by atoms with Crippen LogP contribution in [0, 0.1) is 0 Å². The van der Waals surface area contributed by atoms with E-state index in [2.05, 4.69) is 16.0 Å². The highest BCUT2D eigenvalue weighted by molar-refractivity contribution is 5.94. The third kappa shape index (κ3) is 10.4. The van der Waals surface area contributed by atoms with E-state index < -0.39 is 53.8 Å². The average molecular weight is 479 g/mol. The molecule has 0 aliphatic heterocycles. The van der Waals surface area contributed by atoms with Crippen LogP contribution in [0.1, 0.15) is 38.2 Å². The van der Waals surface area contributed by atoms with Gasteiger partial charge in [-0.25, -0.2) is 4.79 Å². The number of nitrogens with one attached hydrogen (secondary N) is 3. The summed E-state index contributed by atoms with van der Waals surface area (Å²) in [4.78, 5) is 60.1. The smallest absolute Gasteiger partial charge is 0.326 e. The van der Waals surface area contributed by atoms with E-state index in [9.17, 15) is 29.1 Å². The number of unbranched alkanes of at least 4 members (excludes halogenated alkanes) is 1. The van der Waals surface area contributed by atoms with Gasteiger partial charge in [-0.15, -0.1) is 0 Å². The molecule has 34 heavy (non-hydrogen) atoms. The summed E-state index contributed by atoms with van der Waals surface area (Å²) in [7, 11) is 0. The van der Waals surface area contributed by atoms with Gasteiger partial charge in [0, 0.05) is 6.42 Å². The maximum Gasteiger partial charge on any atom is 0.326 e. The lowest BCUT2D eigenvalue weighted by atomic mass is 10.0. The molecule has 10 N–H and O–H groups in total. The minimum Gasteiger partial charge on any atom is -0.480 e. The van der Waals surface area contributed by atoms with Gasteiger partial charge in [0.25, 0.3) is 0 Å². The Morgan fingerprint density at radius 2 is 1.53 bits per heavy atom. The molecule has 1 aromatic carbocycles. The molecule has 0 saturated carbocycles. The largest absolute Gasteiger partial charge is 0.480 e. The maximum atomic E-state index is 12.9. The minimum atomic E-state index is -1.22. The standard InChI is InChI=1S/C22H34N6O6/c1-13(26-20(31)15(24)12-18(25)29)19(30)27-16(9-5-6-10-23)21(32)28-17(22(33)34)11-14-7-3-2-4-8-14/h2-4,7-8,13,15-17H,5-6,9-12,23-24H2,1H3,(H2,25,29)(H,26,31)(H,27,30)(H,28,32)(H,33,34). The number of rotatable bonds is 15. The molecular formula is C22H34N6O6. The molecule has 4 unspecified atom stereocenters. The Bertz CT molecular complexity index is 850. The second-order valence-corrected chi connectivity index (χ2v) is 7.94. The van der Waals surface area contributed by atoms with Crippen LogP contribution in [0.4, 0.5) is 0 Å². The fourth-order valence-electron chi connectivity index (χ4n) is 3.08. The van der Waals surface area contributed by atoms with Crippen molar-refractivity contribution in [3.8, 4) is 0 Å². The number of amides is 4. The van der Waals surface area contributed by atoms with E-state index in [-0.39, 0.29) is 19.3 Å². The van der Waals surface area contributed by atoms with Crippen LogP contribution in [0.5, 0.6) is 0 Å². The Morgan fingerprint density at radius 1 is 0.912 bits per heavy atom. The number of aliphatic carboxylic acids is 1. The number of carboxylic acids is 1. The summed E-state index contributed by atoms with van der Waals surface area (Å²) in [5, 5.41) is 16.9. The second-order valence-electron chi connectivity index (χ2n) is 7.94. The van der Waals surface area contributed by atoms with Crippen LogP contribution in [0.3, 0.4) is 0 Å². The molecule has 4 atom stereocenters. The summed E-state index contributed by atoms with van der Waals surface area (Å²) < 4.78 is 0. The van der Waals surface area contributed by atoms with Crippen molar-refractivity contribution in [2.45, 2.75) is 63.2 Å². The highest BCUT2D eigenvalue weighted by Gasteiger charge is 2.29. The third-order valence-electron chi connectivity index (χ3n) is 4.99. The van der Waals surface area contributed by atoms with Crippen LogP contribution in [0.2, 0.25) is 0 Å². The van der Waals surface area contributed by atoms with Gasteiger partial charge in [0.05, 0.1) is 12.5 Å². The molecule has 0 aromatic heterocycles. The van der Waals surface area contributed by atoms with Crippen molar-refractivity contribution in [1.82, 2.24) is 16.0 Å². The zero-order chi connectivity index (χ0) is 25.7. The van der Waals surface area contributed by atoms with Gasteiger partial charge in [-0.1, -0.05) is 30.3 Å². The SMILES string of the molecule is CC(NC(=O)C(N)CC(N)=O)C(=O)NC(CCCCN)C(=O)NC(Cc1ccccc1)C(=O)O. The number of carboxylic acid groups (broad SMARTS) is 1. The number of primary amides is 1. The number of nitrogens with two attached hydrogens (primary N) is 3. The molecule has 1 aromatic rings. The summed E-state index contributed by atoms with van der Waals surface area (Å²) in [5.41, 5.74) is 16.8. The minimum absolute atomic E-state index is 0.0651. The Hall–Kier alpha value is -3.51. The summed E-state index contributed by atoms with van der Waals surface area (Å²) in [5.74, 6) is -4.08. The van der Waals surface area contributed by atoms with Gasteiger partial charge in [-0.05, 0) is 38.3 Å². The fourth-order valence-corrected chi connectivity index (χ4v) is 3.08. The van der Waals surface area contributed by atoms with E-state index in [4.69, 9.17) is 17.2 Å². The molecule has 0 bridgehead atoms. The summed E-state index contributed by atoms with van der Waals surface area (Å²) in [6.45, 7) is 1.77. The molecule has 0 fully saturated rings. The van der Waals surface area contributed by atoms with E-state index in [0.29, 0.717) is 19.4 Å². The normalized spacial score (nSPS) is 14.2. The summed E-state index contributed by atoms with van der Waals surface area (Å²) >= 11 is 0. The van der Waals surface area contributed by atoms with E-state index in [1.807, 2.05) is 0 Å². The van der Waals surface area contributed by atoms with Gasteiger partial charge < -0.3 is 38.3 Å². The molecule has 0 radical (unpaired) electrons. The van der Waals surface area contributed by atoms with Crippen molar-refractivity contribution in [3.63, 3.8) is 0 Å². The number of carbonyl (C=O) groups is 5. The van der Waals surface area contributed by atoms with Crippen molar-refractivity contribution in [2.24, 2.45) is 17.2 Å². The molecule has 0 spiro atoms. The van der Waals surface area contributed by atoms with Gasteiger partial charge in [0.2, 0.25) is 23.6 Å². The predicted molar refractivity (Wildman–Crippen MR) is 124 cm³/mol. The highest BCUT2D eigenvalue weighted by Crippen LogP contribution is 2.06. The quantitative estimate of drug-likeness (QED) is 0.141. The lowest BCUT2D eigenvalue weighted by Gasteiger charge is -2.24. The topological polar surface area (TPSA) is 220 Å². The first-order valence-electron chi connectivity index (χ1n) is 11.0. The zero-order valence-corrected chi connectivity index (χ0v) is 19.2. The molecular weight excluding hydrogens is 444 g/mol. The summed E-state index contributed by atoms with van der Waals surface area (Å²) in [6.07, 6.45) is 1.00. The molecule has 4 amide bonds. The highest BCUT2D eigenvalue weighted by atomic mass is 16.4. The molecule has 0 saturated heterocycles. The first-order chi connectivity index (χ1) is 16.0. The van der Waals surface area contributed by atoms with Crippen LogP contribution in [-0.2, 0) is 30.4 Å². The van der Waals surface area contributed by atoms with Crippen LogP contribution in [0.15, 0.2) is 30.3 Å². The Balaban J connectivity index is 2.83. The lowest BCUT2D eigenvalue weighted by Crippen LogP contribution is -2.56. The third-order valence-corrected chi connectivity index (χ3v) is 4.99. The number of hydrogen-bond acceptors (Lipinski definition) is 7. The van der Waals surface area contributed by atoms with Crippen molar-refractivity contribution < 1.29 is 29.1 Å². The van der Waals surface area contributed by atoms with E-state index >= 15 is 0 Å². The Morgan fingerprint density at radius 3 is 2.09 bits per heavy atom. The van der Waals surface area contributed by atoms with Gasteiger partial charge in [0.1, 0.15) is 18.1 Å². The molecule has 0 aliphatic carbocycles. The number of hydrogen-bond donors (Lipinski definition) is 7. The van der Waals surface area contributed by atoms with Gasteiger partial charge in [-0.3, -0.25) is 19.2 Å². The maximum absolute atomic E-state index is 12.9. The monoisotopic (exact) mass is 478 g/mol. The average Bonchev–Trinajstić information content (AvgIpc) is 2.77. The second kappa shape index (κ2) is 14.6. The lowest BCUT2D eigenvalue weighted by molar-refractivity contribution is -0.142. The Labute approximate surface area is 198 Å².